The second kappa shape index (κ2) is 6.77. The molecule has 1 amide bonds. The van der Waals surface area contributed by atoms with Gasteiger partial charge in [-0.25, -0.2) is 9.18 Å². The molecule has 0 atom stereocenters. The molecule has 4 nitrogen and oxygen atoms in total. The smallest absolute Gasteiger partial charge is 0.339 e. The van der Waals surface area contributed by atoms with Gasteiger partial charge < -0.3 is 10.1 Å². The molecule has 0 bridgehead atoms. The molecule has 0 heterocycles. The molecular formula is C12H9BrFNO3. The summed E-state index contributed by atoms with van der Waals surface area (Å²) >= 11 is 3.03. The van der Waals surface area contributed by atoms with Crippen molar-refractivity contribution in [1.82, 2.24) is 5.32 Å². The number of hydrogen-bond acceptors (Lipinski definition) is 3. The third kappa shape index (κ3) is 4.18. The van der Waals surface area contributed by atoms with E-state index in [0.717, 1.165) is 12.1 Å². The van der Waals surface area contributed by atoms with Crippen LogP contribution < -0.4 is 5.32 Å². The van der Waals surface area contributed by atoms with Crippen LogP contribution in [0.3, 0.4) is 0 Å². The standard InChI is InChI=1S/C12H9BrFNO3/c1-2-5-15-11(16)7-18-12(17)9-4-3-8(14)6-10(9)13/h1,3-4,6H,5,7H2,(H,15,16). The summed E-state index contributed by atoms with van der Waals surface area (Å²) in [6.45, 7) is -0.374. The van der Waals surface area contributed by atoms with Crippen LogP contribution in [0.4, 0.5) is 4.39 Å². The van der Waals surface area contributed by atoms with Crippen LogP contribution >= 0.6 is 15.9 Å². The molecule has 0 saturated carbocycles. The van der Waals surface area contributed by atoms with E-state index in [-0.39, 0.29) is 16.6 Å². The highest BCUT2D eigenvalue weighted by Crippen LogP contribution is 2.18. The number of halogens is 2. The predicted molar refractivity (Wildman–Crippen MR) is 66.2 cm³/mol. The number of terminal acetylenes is 1. The highest BCUT2D eigenvalue weighted by molar-refractivity contribution is 9.10. The lowest BCUT2D eigenvalue weighted by molar-refractivity contribution is -0.123. The van der Waals surface area contributed by atoms with Crippen molar-refractivity contribution in [3.8, 4) is 12.3 Å². The molecule has 6 heteroatoms. The predicted octanol–water partition coefficient (Wildman–Crippen LogP) is 1.49. The summed E-state index contributed by atoms with van der Waals surface area (Å²) in [4.78, 5) is 22.7. The van der Waals surface area contributed by atoms with E-state index >= 15 is 0 Å². The Hall–Kier alpha value is -1.87. The molecule has 0 fully saturated rings. The maximum Gasteiger partial charge on any atom is 0.339 e. The van der Waals surface area contributed by atoms with E-state index in [1.165, 1.54) is 6.07 Å². The first kappa shape index (κ1) is 14.2. The van der Waals surface area contributed by atoms with Gasteiger partial charge in [-0.2, -0.15) is 0 Å². The Morgan fingerprint density at radius 2 is 2.22 bits per heavy atom. The van der Waals surface area contributed by atoms with Crippen LogP contribution in [0.25, 0.3) is 0 Å². The molecular weight excluding hydrogens is 305 g/mol. The first-order chi connectivity index (χ1) is 8.54. The lowest BCUT2D eigenvalue weighted by atomic mass is 10.2. The number of rotatable bonds is 4. The van der Waals surface area contributed by atoms with E-state index < -0.39 is 24.3 Å². The van der Waals surface area contributed by atoms with Crippen LogP contribution in [-0.2, 0) is 9.53 Å². The van der Waals surface area contributed by atoms with Crippen molar-refractivity contribution < 1.29 is 18.7 Å². The zero-order valence-corrected chi connectivity index (χ0v) is 10.8. The van der Waals surface area contributed by atoms with Gasteiger partial charge in [0, 0.05) is 4.47 Å². The Morgan fingerprint density at radius 3 is 2.83 bits per heavy atom. The van der Waals surface area contributed by atoms with Crippen LogP contribution in [0, 0.1) is 18.2 Å². The third-order valence-electron chi connectivity index (χ3n) is 1.87. The number of esters is 1. The summed E-state index contributed by atoms with van der Waals surface area (Å²) in [5, 5.41) is 2.34. The van der Waals surface area contributed by atoms with Crippen molar-refractivity contribution >= 4 is 27.8 Å². The van der Waals surface area contributed by atoms with Gasteiger partial charge in [0.25, 0.3) is 5.91 Å². The summed E-state index contributed by atoms with van der Waals surface area (Å²) in [5.74, 6) is 0.506. The van der Waals surface area contributed by atoms with Crippen molar-refractivity contribution in [2.24, 2.45) is 0 Å². The molecule has 1 aromatic rings. The van der Waals surface area contributed by atoms with Gasteiger partial charge in [-0.05, 0) is 34.1 Å². The Balaban J connectivity index is 2.56. The quantitative estimate of drug-likeness (QED) is 0.677. The molecule has 0 spiro atoms. The second-order valence-electron chi connectivity index (χ2n) is 3.18. The van der Waals surface area contributed by atoms with Crippen molar-refractivity contribution in [2.45, 2.75) is 0 Å². The van der Waals surface area contributed by atoms with E-state index in [1.54, 1.807) is 0 Å². The van der Waals surface area contributed by atoms with Crippen LogP contribution in [0.15, 0.2) is 22.7 Å². The van der Waals surface area contributed by atoms with Crippen molar-refractivity contribution in [2.75, 3.05) is 13.2 Å². The third-order valence-corrected chi connectivity index (χ3v) is 2.53. The molecule has 0 aliphatic carbocycles. The lowest BCUT2D eigenvalue weighted by Gasteiger charge is -2.06. The normalized spacial score (nSPS) is 9.39. The molecule has 0 radical (unpaired) electrons. The van der Waals surface area contributed by atoms with Gasteiger partial charge in [0.2, 0.25) is 0 Å². The molecule has 1 N–H and O–H groups in total. The van der Waals surface area contributed by atoms with Crippen LogP contribution in [0.2, 0.25) is 0 Å². The summed E-state index contributed by atoms with van der Waals surface area (Å²) in [6.07, 6.45) is 4.94. The molecule has 0 unspecified atom stereocenters. The van der Waals surface area contributed by atoms with Crippen molar-refractivity contribution in [1.29, 1.82) is 0 Å². The lowest BCUT2D eigenvalue weighted by Crippen LogP contribution is -2.29. The minimum atomic E-state index is -0.724. The van der Waals surface area contributed by atoms with E-state index in [9.17, 15) is 14.0 Å². The van der Waals surface area contributed by atoms with E-state index in [2.05, 4.69) is 27.2 Å². The molecule has 1 aromatic carbocycles. The Morgan fingerprint density at radius 1 is 1.50 bits per heavy atom. The Kier molecular flexibility index (Phi) is 5.33. The second-order valence-corrected chi connectivity index (χ2v) is 4.04. The topological polar surface area (TPSA) is 55.4 Å². The summed E-state index contributed by atoms with van der Waals surface area (Å²) in [5.41, 5.74) is 0.140. The maximum absolute atomic E-state index is 12.8. The summed E-state index contributed by atoms with van der Waals surface area (Å²) < 4.78 is 17.8. The van der Waals surface area contributed by atoms with Crippen LogP contribution in [0.5, 0.6) is 0 Å². The summed E-state index contributed by atoms with van der Waals surface area (Å²) in [7, 11) is 0. The van der Waals surface area contributed by atoms with Gasteiger partial charge in [-0.1, -0.05) is 5.92 Å². The van der Waals surface area contributed by atoms with Crippen LogP contribution in [-0.4, -0.2) is 25.0 Å². The maximum atomic E-state index is 12.8. The largest absolute Gasteiger partial charge is 0.452 e. The number of benzene rings is 1. The molecule has 0 aliphatic rings. The first-order valence-corrected chi connectivity index (χ1v) is 5.66. The number of amides is 1. The molecule has 18 heavy (non-hydrogen) atoms. The van der Waals surface area contributed by atoms with E-state index in [1.807, 2.05) is 0 Å². The van der Waals surface area contributed by atoms with Gasteiger partial charge in [0.1, 0.15) is 5.82 Å². The number of nitrogens with one attached hydrogen (secondary N) is 1. The highest BCUT2D eigenvalue weighted by Gasteiger charge is 2.13. The fourth-order valence-corrected chi connectivity index (χ4v) is 1.58. The summed E-state index contributed by atoms with van der Waals surface area (Å²) in [6, 6.07) is 3.52. The number of hydrogen-bond donors (Lipinski definition) is 1. The number of ether oxygens (including phenoxy) is 1. The fourth-order valence-electron chi connectivity index (χ4n) is 1.06. The monoisotopic (exact) mass is 313 g/mol. The molecule has 1 rings (SSSR count). The van der Waals surface area contributed by atoms with Crippen molar-refractivity contribution in [3.63, 3.8) is 0 Å². The number of carbonyl (C=O) groups is 2. The molecule has 94 valence electrons. The molecule has 0 aromatic heterocycles. The zero-order valence-electron chi connectivity index (χ0n) is 9.20. The van der Waals surface area contributed by atoms with Crippen LogP contribution in [0.1, 0.15) is 10.4 Å². The van der Waals surface area contributed by atoms with Gasteiger partial charge in [0.15, 0.2) is 6.61 Å². The zero-order chi connectivity index (χ0) is 13.5. The van der Waals surface area contributed by atoms with Gasteiger partial charge >= 0.3 is 5.97 Å². The van der Waals surface area contributed by atoms with E-state index in [0.29, 0.717) is 0 Å². The molecule has 0 aliphatic heterocycles. The van der Waals surface area contributed by atoms with Gasteiger partial charge in [-0.3, -0.25) is 4.79 Å². The minimum absolute atomic E-state index is 0.0661. The Labute approximate surface area is 112 Å². The number of carbonyl (C=O) groups excluding carboxylic acids is 2. The van der Waals surface area contributed by atoms with E-state index in [4.69, 9.17) is 11.2 Å². The average molecular weight is 314 g/mol. The fraction of sp³-hybridized carbons (Fsp3) is 0.167. The molecule has 0 saturated heterocycles. The Bertz CT molecular complexity index is 511. The highest BCUT2D eigenvalue weighted by atomic mass is 79.9. The SMILES string of the molecule is C#CCNC(=O)COC(=O)c1ccc(F)cc1Br. The first-order valence-electron chi connectivity index (χ1n) is 4.87. The average Bonchev–Trinajstić information content (AvgIpc) is 2.33. The van der Waals surface area contributed by atoms with Crippen molar-refractivity contribution in [3.05, 3.63) is 34.1 Å². The van der Waals surface area contributed by atoms with Gasteiger partial charge in [-0.15, -0.1) is 6.42 Å². The van der Waals surface area contributed by atoms with Gasteiger partial charge in [0.05, 0.1) is 12.1 Å². The minimum Gasteiger partial charge on any atom is -0.452 e.